The van der Waals surface area contributed by atoms with Crippen LogP contribution in [0.3, 0.4) is 0 Å². The Balaban J connectivity index is 2.86. The lowest BCUT2D eigenvalue weighted by atomic mass is 9.82. The Morgan fingerprint density at radius 1 is 1.07 bits per heavy atom. The molecule has 0 aliphatic heterocycles. The second-order valence-corrected chi connectivity index (χ2v) is 5.08. The number of nitrogens with zero attached hydrogens (tertiary/aromatic N) is 1. The Morgan fingerprint density at radius 2 is 1.80 bits per heavy atom. The number of rotatable bonds is 0. The lowest BCUT2D eigenvalue weighted by molar-refractivity contribution is 0.590. The van der Waals surface area contributed by atoms with Crippen LogP contribution in [0.1, 0.15) is 31.9 Å². The Labute approximate surface area is 91.2 Å². The van der Waals surface area contributed by atoms with Crippen molar-refractivity contribution in [1.29, 1.82) is 0 Å². The van der Waals surface area contributed by atoms with Crippen molar-refractivity contribution in [3.8, 4) is 0 Å². The Kier molecular flexibility index (Phi) is 2.26. The number of fused-ring (bicyclic) bond motifs is 1. The van der Waals surface area contributed by atoms with Crippen molar-refractivity contribution in [2.45, 2.75) is 33.1 Å². The van der Waals surface area contributed by atoms with E-state index < -0.39 is 0 Å². The Bertz CT molecular complexity index is 492. The minimum absolute atomic E-state index is 0.151. The molecule has 0 saturated carbocycles. The van der Waals surface area contributed by atoms with E-state index in [1.54, 1.807) is 0 Å². The molecule has 78 valence electrons. The molecule has 1 aromatic carbocycles. The topological polar surface area (TPSA) is 12.9 Å². The van der Waals surface area contributed by atoms with Gasteiger partial charge < -0.3 is 0 Å². The number of pyridine rings is 1. The molecule has 2 rings (SSSR count). The summed E-state index contributed by atoms with van der Waals surface area (Å²) >= 11 is 0. The first-order valence-electron chi connectivity index (χ1n) is 5.35. The number of hydrogen-bond donors (Lipinski definition) is 0. The first kappa shape index (κ1) is 10.2. The van der Waals surface area contributed by atoms with Crippen LogP contribution in [-0.2, 0) is 5.41 Å². The standard InChI is InChI=1S/C14H17N/c1-10-7-8-11-6-5-9-15-13(11)12(10)14(2,3)4/h5-9H,1-4H3. The van der Waals surface area contributed by atoms with Gasteiger partial charge in [-0.05, 0) is 29.5 Å². The van der Waals surface area contributed by atoms with Crippen LogP contribution in [0.25, 0.3) is 10.9 Å². The van der Waals surface area contributed by atoms with E-state index in [2.05, 4.69) is 50.9 Å². The summed E-state index contributed by atoms with van der Waals surface area (Å²) in [6, 6.07) is 8.44. The minimum atomic E-state index is 0.151. The van der Waals surface area contributed by atoms with Crippen LogP contribution in [0.4, 0.5) is 0 Å². The zero-order valence-electron chi connectivity index (χ0n) is 9.83. The van der Waals surface area contributed by atoms with Crippen molar-refractivity contribution in [2.75, 3.05) is 0 Å². The van der Waals surface area contributed by atoms with E-state index >= 15 is 0 Å². The largest absolute Gasteiger partial charge is 0.256 e. The fourth-order valence-electron chi connectivity index (χ4n) is 2.19. The molecule has 1 nitrogen and oxygen atoms in total. The second kappa shape index (κ2) is 3.34. The van der Waals surface area contributed by atoms with Crippen LogP contribution < -0.4 is 0 Å². The van der Waals surface area contributed by atoms with E-state index in [1.165, 1.54) is 16.5 Å². The first-order valence-corrected chi connectivity index (χ1v) is 5.35. The molecule has 0 atom stereocenters. The summed E-state index contributed by atoms with van der Waals surface area (Å²) in [7, 11) is 0. The van der Waals surface area contributed by atoms with Gasteiger partial charge in [-0.1, -0.05) is 39.0 Å². The lowest BCUT2D eigenvalue weighted by Gasteiger charge is -2.23. The van der Waals surface area contributed by atoms with E-state index in [-0.39, 0.29) is 5.41 Å². The van der Waals surface area contributed by atoms with Gasteiger partial charge in [-0.25, -0.2) is 0 Å². The lowest BCUT2D eigenvalue weighted by Crippen LogP contribution is -2.14. The van der Waals surface area contributed by atoms with Gasteiger partial charge >= 0.3 is 0 Å². The molecular formula is C14H17N. The third kappa shape index (κ3) is 1.74. The van der Waals surface area contributed by atoms with Gasteiger partial charge in [-0.2, -0.15) is 0 Å². The van der Waals surface area contributed by atoms with E-state index in [1.807, 2.05) is 12.3 Å². The highest BCUT2D eigenvalue weighted by atomic mass is 14.7. The zero-order chi connectivity index (χ0) is 11.1. The van der Waals surface area contributed by atoms with Crippen LogP contribution in [0, 0.1) is 6.92 Å². The van der Waals surface area contributed by atoms with Crippen molar-refractivity contribution in [1.82, 2.24) is 4.98 Å². The van der Waals surface area contributed by atoms with Gasteiger partial charge in [0.2, 0.25) is 0 Å². The SMILES string of the molecule is Cc1ccc2cccnc2c1C(C)(C)C. The van der Waals surface area contributed by atoms with Crippen molar-refractivity contribution >= 4 is 10.9 Å². The van der Waals surface area contributed by atoms with Crippen molar-refractivity contribution < 1.29 is 0 Å². The molecule has 2 aromatic rings. The van der Waals surface area contributed by atoms with Crippen molar-refractivity contribution in [3.63, 3.8) is 0 Å². The zero-order valence-corrected chi connectivity index (χ0v) is 9.83. The maximum atomic E-state index is 4.51. The molecule has 0 aliphatic rings. The van der Waals surface area contributed by atoms with E-state index in [4.69, 9.17) is 0 Å². The Morgan fingerprint density at radius 3 is 2.47 bits per heavy atom. The molecule has 0 saturated heterocycles. The molecule has 0 aliphatic carbocycles. The fraction of sp³-hybridized carbons (Fsp3) is 0.357. The van der Waals surface area contributed by atoms with Gasteiger partial charge in [-0.15, -0.1) is 0 Å². The molecule has 1 heteroatoms. The first-order chi connectivity index (χ1) is 7.00. The number of aromatic nitrogens is 1. The second-order valence-electron chi connectivity index (χ2n) is 5.08. The molecule has 1 aromatic heterocycles. The molecule has 0 bridgehead atoms. The maximum Gasteiger partial charge on any atom is 0.0741 e. The molecular weight excluding hydrogens is 182 g/mol. The van der Waals surface area contributed by atoms with Gasteiger partial charge in [0, 0.05) is 11.6 Å². The quantitative estimate of drug-likeness (QED) is 0.628. The molecule has 0 fully saturated rings. The highest BCUT2D eigenvalue weighted by Gasteiger charge is 2.19. The van der Waals surface area contributed by atoms with Crippen LogP contribution in [0.2, 0.25) is 0 Å². The highest BCUT2D eigenvalue weighted by molar-refractivity contribution is 5.83. The van der Waals surface area contributed by atoms with Gasteiger partial charge in [-0.3, -0.25) is 4.98 Å². The predicted octanol–water partition coefficient (Wildman–Crippen LogP) is 3.84. The summed E-state index contributed by atoms with van der Waals surface area (Å²) in [6.45, 7) is 8.88. The monoisotopic (exact) mass is 199 g/mol. The third-order valence-corrected chi connectivity index (χ3v) is 2.73. The molecule has 0 amide bonds. The van der Waals surface area contributed by atoms with Crippen LogP contribution >= 0.6 is 0 Å². The number of benzene rings is 1. The smallest absolute Gasteiger partial charge is 0.0741 e. The van der Waals surface area contributed by atoms with Crippen molar-refractivity contribution in [2.24, 2.45) is 0 Å². The number of hydrogen-bond acceptors (Lipinski definition) is 1. The normalized spacial score (nSPS) is 12.0. The van der Waals surface area contributed by atoms with Gasteiger partial charge in [0.05, 0.1) is 5.52 Å². The van der Waals surface area contributed by atoms with Gasteiger partial charge in [0.25, 0.3) is 0 Å². The summed E-state index contributed by atoms with van der Waals surface area (Å²) in [5.41, 5.74) is 3.98. The summed E-state index contributed by atoms with van der Waals surface area (Å²) in [5, 5.41) is 1.23. The summed E-state index contributed by atoms with van der Waals surface area (Å²) in [6.07, 6.45) is 1.87. The number of aryl methyl sites for hydroxylation is 1. The van der Waals surface area contributed by atoms with E-state index in [9.17, 15) is 0 Å². The van der Waals surface area contributed by atoms with Gasteiger partial charge in [0.1, 0.15) is 0 Å². The molecule has 15 heavy (non-hydrogen) atoms. The molecule has 0 radical (unpaired) electrons. The van der Waals surface area contributed by atoms with Gasteiger partial charge in [0.15, 0.2) is 0 Å². The fourth-order valence-corrected chi connectivity index (χ4v) is 2.19. The van der Waals surface area contributed by atoms with Crippen LogP contribution in [0.15, 0.2) is 30.5 Å². The average molecular weight is 199 g/mol. The maximum absolute atomic E-state index is 4.51. The third-order valence-electron chi connectivity index (χ3n) is 2.73. The van der Waals surface area contributed by atoms with E-state index in [0.717, 1.165) is 5.52 Å². The van der Waals surface area contributed by atoms with Crippen molar-refractivity contribution in [3.05, 3.63) is 41.6 Å². The van der Waals surface area contributed by atoms with Crippen LogP contribution in [-0.4, -0.2) is 4.98 Å². The summed E-state index contributed by atoms with van der Waals surface area (Å²) in [5.74, 6) is 0. The molecule has 0 spiro atoms. The van der Waals surface area contributed by atoms with Crippen LogP contribution in [0.5, 0.6) is 0 Å². The Hall–Kier alpha value is -1.37. The van der Waals surface area contributed by atoms with E-state index in [0.29, 0.717) is 0 Å². The summed E-state index contributed by atoms with van der Waals surface area (Å²) in [4.78, 5) is 4.51. The molecule has 0 unspecified atom stereocenters. The molecule has 1 heterocycles. The predicted molar refractivity (Wildman–Crippen MR) is 65.2 cm³/mol. The average Bonchev–Trinajstić information content (AvgIpc) is 2.15. The summed E-state index contributed by atoms with van der Waals surface area (Å²) < 4.78 is 0. The molecule has 0 N–H and O–H groups in total. The highest BCUT2D eigenvalue weighted by Crippen LogP contribution is 2.31. The minimum Gasteiger partial charge on any atom is -0.256 e.